The third kappa shape index (κ3) is 1.85. The fourth-order valence-electron chi connectivity index (χ4n) is 2.29. The summed E-state index contributed by atoms with van der Waals surface area (Å²) in [6.45, 7) is 0.566. The maximum Gasteiger partial charge on any atom is 0.435 e. The van der Waals surface area contributed by atoms with E-state index in [1.807, 2.05) is 0 Å². The molecule has 0 aromatic carbocycles. The highest BCUT2D eigenvalue weighted by Crippen LogP contribution is 2.35. The molecule has 3 nitrogen and oxygen atoms in total. The summed E-state index contributed by atoms with van der Waals surface area (Å²) in [7, 11) is 0. The van der Waals surface area contributed by atoms with Gasteiger partial charge in [0.25, 0.3) is 0 Å². The predicted octanol–water partition coefficient (Wildman–Crippen LogP) is 3.25. The van der Waals surface area contributed by atoms with E-state index in [9.17, 15) is 13.2 Å². The molecule has 1 saturated carbocycles. The molecule has 2 aromatic rings. The van der Waals surface area contributed by atoms with E-state index in [0.717, 1.165) is 19.3 Å². The summed E-state index contributed by atoms with van der Waals surface area (Å²) in [5, 5.41) is 3.82. The molecule has 1 fully saturated rings. The molecule has 18 heavy (non-hydrogen) atoms. The number of rotatable bonds is 2. The van der Waals surface area contributed by atoms with Crippen molar-refractivity contribution < 1.29 is 13.2 Å². The van der Waals surface area contributed by atoms with E-state index in [2.05, 4.69) is 10.1 Å². The molecule has 0 saturated heterocycles. The van der Waals surface area contributed by atoms with Crippen molar-refractivity contribution in [3.8, 4) is 0 Å². The van der Waals surface area contributed by atoms with Crippen LogP contribution in [0.3, 0.4) is 0 Å². The lowest BCUT2D eigenvalue weighted by atomic mass is 9.85. The average molecular weight is 255 g/mol. The number of hydrogen-bond acceptors (Lipinski definition) is 2. The van der Waals surface area contributed by atoms with Crippen LogP contribution in [0.1, 0.15) is 25.0 Å². The molecule has 2 heterocycles. The number of aromatic nitrogens is 3. The van der Waals surface area contributed by atoms with Crippen LogP contribution in [0, 0.1) is 5.92 Å². The zero-order chi connectivity index (χ0) is 12.8. The zero-order valence-corrected chi connectivity index (χ0v) is 9.61. The first-order valence-corrected chi connectivity index (χ1v) is 5.93. The van der Waals surface area contributed by atoms with Crippen molar-refractivity contribution in [3.05, 3.63) is 24.2 Å². The van der Waals surface area contributed by atoms with Crippen molar-refractivity contribution in [1.29, 1.82) is 0 Å². The van der Waals surface area contributed by atoms with Gasteiger partial charge in [0, 0.05) is 18.9 Å². The van der Waals surface area contributed by atoms with Crippen molar-refractivity contribution >= 4 is 10.9 Å². The van der Waals surface area contributed by atoms with Crippen LogP contribution in [0.2, 0.25) is 0 Å². The normalized spacial score (nSPS) is 17.1. The van der Waals surface area contributed by atoms with Crippen molar-refractivity contribution in [2.75, 3.05) is 0 Å². The SMILES string of the molecule is FC(F)(F)c1nn(CC2CCC2)c2ccncc12. The lowest BCUT2D eigenvalue weighted by molar-refractivity contribution is -0.140. The largest absolute Gasteiger partial charge is 0.435 e. The van der Waals surface area contributed by atoms with Gasteiger partial charge in [-0.1, -0.05) is 6.42 Å². The molecular weight excluding hydrogens is 243 g/mol. The van der Waals surface area contributed by atoms with Gasteiger partial charge in [0.2, 0.25) is 0 Å². The minimum Gasteiger partial charge on any atom is -0.264 e. The molecule has 6 heteroatoms. The number of nitrogens with zero attached hydrogens (tertiary/aromatic N) is 3. The van der Waals surface area contributed by atoms with Crippen molar-refractivity contribution in [2.24, 2.45) is 5.92 Å². The summed E-state index contributed by atoms with van der Waals surface area (Å²) < 4.78 is 40.1. The van der Waals surface area contributed by atoms with Gasteiger partial charge in [-0.15, -0.1) is 0 Å². The second-order valence-electron chi connectivity index (χ2n) is 4.72. The Kier molecular flexibility index (Phi) is 2.53. The standard InChI is InChI=1S/C12H12F3N3/c13-12(14,15)11-9-6-16-5-4-10(9)18(17-11)7-8-2-1-3-8/h4-6,8H,1-3,7H2. The second-order valence-corrected chi connectivity index (χ2v) is 4.72. The monoisotopic (exact) mass is 255 g/mol. The van der Waals surface area contributed by atoms with Gasteiger partial charge in [-0.3, -0.25) is 9.67 Å². The molecule has 0 spiro atoms. The first-order chi connectivity index (χ1) is 8.55. The van der Waals surface area contributed by atoms with E-state index in [4.69, 9.17) is 0 Å². The minimum atomic E-state index is -4.42. The van der Waals surface area contributed by atoms with Crippen molar-refractivity contribution in [2.45, 2.75) is 32.0 Å². The number of hydrogen-bond donors (Lipinski definition) is 0. The lowest BCUT2D eigenvalue weighted by Crippen LogP contribution is -2.19. The maximum absolute atomic E-state index is 12.9. The van der Waals surface area contributed by atoms with E-state index >= 15 is 0 Å². The summed E-state index contributed by atoms with van der Waals surface area (Å²) in [6, 6.07) is 1.59. The van der Waals surface area contributed by atoms with Gasteiger partial charge in [-0.2, -0.15) is 18.3 Å². The Morgan fingerprint density at radius 2 is 2.11 bits per heavy atom. The van der Waals surface area contributed by atoms with Crippen LogP contribution < -0.4 is 0 Å². The molecule has 3 rings (SSSR count). The molecule has 96 valence electrons. The Morgan fingerprint density at radius 3 is 2.72 bits per heavy atom. The topological polar surface area (TPSA) is 30.7 Å². The fraction of sp³-hybridized carbons (Fsp3) is 0.500. The van der Waals surface area contributed by atoms with Gasteiger partial charge in [0.15, 0.2) is 5.69 Å². The molecular formula is C12H12F3N3. The van der Waals surface area contributed by atoms with Crippen LogP contribution in [0.15, 0.2) is 18.5 Å². The average Bonchev–Trinajstić information content (AvgIpc) is 2.62. The Balaban J connectivity index is 2.08. The quantitative estimate of drug-likeness (QED) is 0.824. The van der Waals surface area contributed by atoms with Crippen LogP contribution in [-0.4, -0.2) is 14.8 Å². The molecule has 0 bridgehead atoms. The summed E-state index contributed by atoms with van der Waals surface area (Å²) in [4.78, 5) is 3.76. The van der Waals surface area contributed by atoms with E-state index in [1.165, 1.54) is 17.1 Å². The van der Waals surface area contributed by atoms with E-state index in [0.29, 0.717) is 18.0 Å². The lowest BCUT2D eigenvalue weighted by Gasteiger charge is -2.25. The third-order valence-corrected chi connectivity index (χ3v) is 3.48. The van der Waals surface area contributed by atoms with Crippen molar-refractivity contribution in [3.63, 3.8) is 0 Å². The maximum atomic E-state index is 12.9. The van der Waals surface area contributed by atoms with Crippen LogP contribution in [0.5, 0.6) is 0 Å². The first-order valence-electron chi connectivity index (χ1n) is 5.93. The number of halogens is 3. The summed E-state index contributed by atoms with van der Waals surface area (Å²) >= 11 is 0. The van der Waals surface area contributed by atoms with Gasteiger partial charge in [0.1, 0.15) is 0 Å². The van der Waals surface area contributed by atoms with Crippen LogP contribution >= 0.6 is 0 Å². The molecule has 0 N–H and O–H groups in total. The Labute approximate surface area is 102 Å². The Hall–Kier alpha value is -1.59. The second kappa shape index (κ2) is 3.96. The van der Waals surface area contributed by atoms with E-state index in [1.54, 1.807) is 6.07 Å². The number of pyridine rings is 1. The minimum absolute atomic E-state index is 0.0873. The smallest absolute Gasteiger partial charge is 0.264 e. The highest BCUT2D eigenvalue weighted by atomic mass is 19.4. The van der Waals surface area contributed by atoms with E-state index < -0.39 is 11.9 Å². The molecule has 1 aliphatic rings. The van der Waals surface area contributed by atoms with Crippen LogP contribution in [0.25, 0.3) is 10.9 Å². The number of alkyl halides is 3. The summed E-state index contributed by atoms with van der Waals surface area (Å²) in [6.07, 6.45) is 1.63. The molecule has 0 unspecified atom stereocenters. The van der Waals surface area contributed by atoms with Gasteiger partial charge < -0.3 is 0 Å². The highest BCUT2D eigenvalue weighted by molar-refractivity contribution is 5.81. The van der Waals surface area contributed by atoms with Gasteiger partial charge >= 0.3 is 6.18 Å². The first kappa shape index (κ1) is 11.5. The van der Waals surface area contributed by atoms with Crippen LogP contribution in [-0.2, 0) is 12.7 Å². The number of fused-ring (bicyclic) bond motifs is 1. The molecule has 2 aromatic heterocycles. The third-order valence-electron chi connectivity index (χ3n) is 3.48. The van der Waals surface area contributed by atoms with Gasteiger partial charge in [-0.05, 0) is 24.8 Å². The molecule has 0 amide bonds. The zero-order valence-electron chi connectivity index (χ0n) is 9.61. The molecule has 0 radical (unpaired) electrons. The Bertz CT molecular complexity index is 569. The Morgan fingerprint density at radius 1 is 1.33 bits per heavy atom. The fourth-order valence-corrected chi connectivity index (χ4v) is 2.29. The predicted molar refractivity (Wildman–Crippen MR) is 59.9 cm³/mol. The van der Waals surface area contributed by atoms with Gasteiger partial charge in [-0.25, -0.2) is 0 Å². The van der Waals surface area contributed by atoms with Crippen molar-refractivity contribution in [1.82, 2.24) is 14.8 Å². The van der Waals surface area contributed by atoms with Crippen LogP contribution in [0.4, 0.5) is 13.2 Å². The molecule has 0 aliphatic heterocycles. The van der Waals surface area contributed by atoms with Gasteiger partial charge in [0.05, 0.1) is 10.9 Å². The highest BCUT2D eigenvalue weighted by Gasteiger charge is 2.37. The molecule has 0 atom stereocenters. The summed E-state index contributed by atoms with van der Waals surface area (Å²) in [5.74, 6) is 0.461. The van der Waals surface area contributed by atoms with E-state index in [-0.39, 0.29) is 5.39 Å². The molecule has 1 aliphatic carbocycles. The summed E-state index contributed by atoms with van der Waals surface area (Å²) in [5.41, 5.74) is -0.311.